The van der Waals surface area contributed by atoms with Gasteiger partial charge in [-0.2, -0.15) is 5.10 Å². The highest BCUT2D eigenvalue weighted by atomic mass is 35.5. The number of aromatic nitrogens is 3. The molecule has 180 valence electrons. The molecule has 5 rings (SSSR count). The van der Waals surface area contributed by atoms with Crippen molar-refractivity contribution in [1.29, 1.82) is 0 Å². The van der Waals surface area contributed by atoms with Gasteiger partial charge in [0.1, 0.15) is 0 Å². The van der Waals surface area contributed by atoms with Gasteiger partial charge in [0.05, 0.1) is 12.1 Å². The van der Waals surface area contributed by atoms with E-state index in [1.165, 1.54) is 6.92 Å². The highest BCUT2D eigenvalue weighted by molar-refractivity contribution is 6.30. The highest BCUT2D eigenvalue weighted by Gasteiger charge is 2.21. The lowest BCUT2D eigenvalue weighted by Crippen LogP contribution is -2.45. The molecule has 0 bridgehead atoms. The van der Waals surface area contributed by atoms with E-state index in [1.807, 2.05) is 18.2 Å². The second kappa shape index (κ2) is 9.77. The van der Waals surface area contributed by atoms with Crippen LogP contribution >= 0.6 is 11.6 Å². The Labute approximate surface area is 206 Å². The molecule has 0 spiro atoms. The van der Waals surface area contributed by atoms with Crippen LogP contribution in [0.15, 0.2) is 53.1 Å². The summed E-state index contributed by atoms with van der Waals surface area (Å²) in [4.78, 5) is 28.5. The number of carbonyl (C=O) groups is 2. The lowest BCUT2D eigenvalue weighted by molar-refractivity contribution is -0.114. The zero-order valence-corrected chi connectivity index (χ0v) is 19.8. The zero-order valence-electron chi connectivity index (χ0n) is 19.0. The molecule has 2 amide bonds. The summed E-state index contributed by atoms with van der Waals surface area (Å²) in [5, 5.41) is 17.9. The third-order valence-corrected chi connectivity index (χ3v) is 6.07. The van der Waals surface area contributed by atoms with Crippen molar-refractivity contribution in [2.45, 2.75) is 13.5 Å². The van der Waals surface area contributed by atoms with Crippen LogP contribution in [-0.2, 0) is 11.3 Å². The Kier molecular flexibility index (Phi) is 6.39. The summed E-state index contributed by atoms with van der Waals surface area (Å²) in [6.07, 6.45) is 0. The summed E-state index contributed by atoms with van der Waals surface area (Å²) in [5.74, 6) is 0.423. The molecule has 11 heteroatoms. The van der Waals surface area contributed by atoms with E-state index in [-0.39, 0.29) is 11.6 Å². The van der Waals surface area contributed by atoms with Crippen molar-refractivity contribution in [3.63, 3.8) is 0 Å². The number of carbonyl (C=O) groups excluding carboxylic acids is 2. The minimum Gasteiger partial charge on any atom is -0.369 e. The number of rotatable bonds is 6. The summed E-state index contributed by atoms with van der Waals surface area (Å²) < 4.78 is 5.42. The van der Waals surface area contributed by atoms with Crippen LogP contribution in [-0.4, -0.2) is 58.2 Å². The van der Waals surface area contributed by atoms with Crippen LogP contribution in [0.25, 0.3) is 10.9 Å². The molecule has 0 aliphatic carbocycles. The van der Waals surface area contributed by atoms with E-state index < -0.39 is 5.91 Å². The van der Waals surface area contributed by atoms with E-state index in [1.54, 1.807) is 24.3 Å². The molecule has 35 heavy (non-hydrogen) atoms. The van der Waals surface area contributed by atoms with E-state index in [9.17, 15) is 9.59 Å². The third-order valence-electron chi connectivity index (χ3n) is 5.83. The standard InChI is InChI=1S/C24H24ClN7O3/c1-15(33)26-17-5-6-20-21(12-17)28-29-23(20)27-24(34)22-13-19(35-30-22)14-31-7-9-32(10-8-31)18-4-2-3-16(25)11-18/h2-6,11-13H,7-10,14H2,1H3,(H,26,33)(H2,27,28,29,34). The number of nitrogens with zero attached hydrogens (tertiary/aromatic N) is 4. The van der Waals surface area contributed by atoms with E-state index >= 15 is 0 Å². The molecule has 3 heterocycles. The van der Waals surface area contributed by atoms with Gasteiger partial charge in [-0.1, -0.05) is 22.8 Å². The van der Waals surface area contributed by atoms with Crippen molar-refractivity contribution in [3.05, 3.63) is 65.0 Å². The van der Waals surface area contributed by atoms with Crippen LogP contribution in [0.5, 0.6) is 0 Å². The van der Waals surface area contributed by atoms with Gasteiger partial charge in [-0.05, 0) is 36.4 Å². The van der Waals surface area contributed by atoms with Gasteiger partial charge in [0.15, 0.2) is 17.3 Å². The van der Waals surface area contributed by atoms with Gasteiger partial charge >= 0.3 is 0 Å². The van der Waals surface area contributed by atoms with E-state index in [0.29, 0.717) is 34.7 Å². The molecular weight excluding hydrogens is 470 g/mol. The predicted octanol–water partition coefficient (Wildman–Crippen LogP) is 3.74. The maximum Gasteiger partial charge on any atom is 0.279 e. The zero-order chi connectivity index (χ0) is 24.4. The van der Waals surface area contributed by atoms with Gasteiger partial charge in [0, 0.05) is 61.0 Å². The first-order valence-corrected chi connectivity index (χ1v) is 11.6. The molecule has 4 aromatic rings. The van der Waals surface area contributed by atoms with Gasteiger partial charge < -0.3 is 20.1 Å². The van der Waals surface area contributed by atoms with Gasteiger partial charge in [0.2, 0.25) is 5.91 Å². The molecule has 1 fully saturated rings. The quantitative estimate of drug-likeness (QED) is 0.374. The Hall–Kier alpha value is -3.89. The first-order valence-electron chi connectivity index (χ1n) is 11.2. The average Bonchev–Trinajstić information content (AvgIpc) is 3.46. The first kappa shape index (κ1) is 22.9. The summed E-state index contributed by atoms with van der Waals surface area (Å²) in [5.41, 5.74) is 2.63. The normalized spacial score (nSPS) is 14.3. The summed E-state index contributed by atoms with van der Waals surface area (Å²) in [7, 11) is 0. The molecule has 1 aliphatic heterocycles. The maximum atomic E-state index is 12.7. The van der Waals surface area contributed by atoms with E-state index in [4.69, 9.17) is 16.1 Å². The van der Waals surface area contributed by atoms with Crippen LogP contribution in [0, 0.1) is 0 Å². The molecule has 0 atom stereocenters. The van der Waals surface area contributed by atoms with Gasteiger partial charge in [0.25, 0.3) is 5.91 Å². The van der Waals surface area contributed by atoms with Crippen molar-refractivity contribution in [1.82, 2.24) is 20.3 Å². The molecule has 10 nitrogen and oxygen atoms in total. The summed E-state index contributed by atoms with van der Waals surface area (Å²) >= 11 is 6.12. The second-order valence-electron chi connectivity index (χ2n) is 8.39. The number of hydrogen-bond acceptors (Lipinski definition) is 7. The van der Waals surface area contributed by atoms with Crippen molar-refractivity contribution < 1.29 is 14.1 Å². The maximum absolute atomic E-state index is 12.7. The van der Waals surface area contributed by atoms with Crippen LogP contribution in [0.4, 0.5) is 17.2 Å². The lowest BCUT2D eigenvalue weighted by atomic mass is 10.2. The third kappa shape index (κ3) is 5.28. The minimum absolute atomic E-state index is 0.165. The Morgan fingerprint density at radius 2 is 1.91 bits per heavy atom. The second-order valence-corrected chi connectivity index (χ2v) is 8.83. The molecule has 1 aliphatic rings. The number of nitrogens with one attached hydrogen (secondary N) is 3. The number of aromatic amines is 1. The number of piperazine rings is 1. The van der Waals surface area contributed by atoms with Gasteiger partial charge in [-0.25, -0.2) is 0 Å². The molecule has 2 aromatic heterocycles. The van der Waals surface area contributed by atoms with Crippen molar-refractivity contribution in [3.8, 4) is 0 Å². The Morgan fingerprint density at radius 1 is 1.09 bits per heavy atom. The Bertz CT molecular complexity index is 1370. The smallest absolute Gasteiger partial charge is 0.279 e. The number of halogens is 1. The van der Waals surface area contributed by atoms with Gasteiger partial charge in [-0.3, -0.25) is 19.6 Å². The molecule has 2 aromatic carbocycles. The van der Waals surface area contributed by atoms with Gasteiger partial charge in [-0.15, -0.1) is 0 Å². The molecule has 1 saturated heterocycles. The topological polar surface area (TPSA) is 119 Å². The van der Waals surface area contributed by atoms with Crippen molar-refractivity contribution in [2.75, 3.05) is 41.7 Å². The number of benzene rings is 2. The fourth-order valence-electron chi connectivity index (χ4n) is 4.12. The Balaban J connectivity index is 1.18. The molecular formula is C24H24ClN7O3. The number of anilines is 3. The van der Waals surface area contributed by atoms with Crippen LogP contribution in [0.3, 0.4) is 0 Å². The molecule has 0 unspecified atom stereocenters. The van der Waals surface area contributed by atoms with E-state index in [2.05, 4.69) is 41.9 Å². The number of amides is 2. The number of H-pyrrole nitrogens is 1. The fraction of sp³-hybridized carbons (Fsp3) is 0.250. The fourth-order valence-corrected chi connectivity index (χ4v) is 4.30. The van der Waals surface area contributed by atoms with Crippen molar-refractivity contribution in [2.24, 2.45) is 0 Å². The van der Waals surface area contributed by atoms with E-state index in [0.717, 1.165) is 36.9 Å². The Morgan fingerprint density at radius 3 is 2.69 bits per heavy atom. The largest absolute Gasteiger partial charge is 0.369 e. The van der Waals surface area contributed by atoms with Crippen molar-refractivity contribution >= 4 is 51.5 Å². The summed E-state index contributed by atoms with van der Waals surface area (Å²) in [6.45, 7) is 5.47. The first-order chi connectivity index (χ1) is 16.9. The average molecular weight is 494 g/mol. The SMILES string of the molecule is CC(=O)Nc1ccc2c(NC(=O)c3cc(CN4CCN(c5cccc(Cl)c5)CC4)on3)n[nH]c2c1. The van der Waals surface area contributed by atoms with Crippen LogP contribution in [0.1, 0.15) is 23.2 Å². The van der Waals surface area contributed by atoms with Crippen LogP contribution < -0.4 is 15.5 Å². The van der Waals surface area contributed by atoms with Crippen LogP contribution in [0.2, 0.25) is 5.02 Å². The molecule has 3 N–H and O–H groups in total. The highest BCUT2D eigenvalue weighted by Crippen LogP contribution is 2.25. The number of hydrogen-bond donors (Lipinski definition) is 3. The minimum atomic E-state index is -0.412. The predicted molar refractivity (Wildman–Crippen MR) is 134 cm³/mol. The monoisotopic (exact) mass is 493 g/mol. The number of fused-ring (bicyclic) bond motifs is 1. The lowest BCUT2D eigenvalue weighted by Gasteiger charge is -2.35. The summed E-state index contributed by atoms with van der Waals surface area (Å²) in [6, 6.07) is 14.8. The molecule has 0 radical (unpaired) electrons. The molecule has 0 saturated carbocycles.